The van der Waals surface area contributed by atoms with Gasteiger partial charge in [0.05, 0.1) is 0 Å². The van der Waals surface area contributed by atoms with Gasteiger partial charge in [-0.05, 0) is 0 Å². The third kappa shape index (κ3) is 3.06. The number of hydrogen-bond acceptors (Lipinski definition) is 2. The fourth-order valence-corrected chi connectivity index (χ4v) is 0.770. The van der Waals surface area contributed by atoms with Crippen LogP contribution in [0.2, 0.25) is 0 Å². The minimum absolute atomic E-state index is 0.883. The molecule has 0 heterocycles. The van der Waals surface area contributed by atoms with Crippen LogP contribution in [-0.2, 0) is 9.53 Å². The molecule has 0 aliphatic carbocycles. The normalized spacial score (nSPS) is 15.2. The first kappa shape index (κ1) is 18.7. The lowest BCUT2D eigenvalue weighted by atomic mass is 10.00. The molecular formula is C7H3F11O2. The molecule has 0 aromatic carbocycles. The van der Waals surface area contributed by atoms with Crippen molar-refractivity contribution in [1.29, 1.82) is 0 Å². The molecule has 0 aromatic heterocycles. The summed E-state index contributed by atoms with van der Waals surface area (Å²) < 4.78 is 136. The van der Waals surface area contributed by atoms with Gasteiger partial charge in [-0.25, -0.2) is 4.79 Å². The smallest absolute Gasteiger partial charge is 0.368 e. The first-order valence-corrected chi connectivity index (χ1v) is 4.19. The van der Waals surface area contributed by atoms with E-state index in [1.807, 2.05) is 4.74 Å². The fraction of sp³-hybridized carbons (Fsp3) is 0.857. The Morgan fingerprint density at radius 2 is 1.10 bits per heavy atom. The molecular weight excluding hydrogens is 325 g/mol. The Hall–Kier alpha value is -1.30. The lowest BCUT2D eigenvalue weighted by Gasteiger charge is -2.34. The van der Waals surface area contributed by atoms with Crippen molar-refractivity contribution in [2.24, 2.45) is 0 Å². The molecule has 0 radical (unpaired) electrons. The number of alkyl halides is 11. The van der Waals surface area contributed by atoms with Crippen LogP contribution in [0.3, 0.4) is 0 Å². The van der Waals surface area contributed by atoms with Gasteiger partial charge in [0, 0.05) is 6.92 Å². The summed E-state index contributed by atoms with van der Waals surface area (Å²) in [4.78, 5) is 10.2. The Kier molecular flexibility index (Phi) is 4.32. The largest absolute Gasteiger partial charge is 0.575 e. The van der Waals surface area contributed by atoms with E-state index in [0.717, 1.165) is 0 Å². The molecule has 13 heteroatoms. The van der Waals surface area contributed by atoms with E-state index in [-0.39, 0.29) is 0 Å². The van der Waals surface area contributed by atoms with Gasteiger partial charge in [0.1, 0.15) is 0 Å². The molecule has 0 unspecified atom stereocenters. The van der Waals surface area contributed by atoms with E-state index in [1.165, 1.54) is 0 Å². The van der Waals surface area contributed by atoms with Crippen molar-refractivity contribution in [3.8, 4) is 0 Å². The molecule has 0 N–H and O–H groups in total. The number of halogens is 11. The molecule has 0 saturated heterocycles. The number of ether oxygens (including phenoxy) is 1. The highest BCUT2D eigenvalue weighted by atomic mass is 19.4. The van der Waals surface area contributed by atoms with Crippen molar-refractivity contribution < 1.29 is 57.8 Å². The van der Waals surface area contributed by atoms with E-state index >= 15 is 0 Å². The molecule has 0 bridgehead atoms. The van der Waals surface area contributed by atoms with Gasteiger partial charge in [0.2, 0.25) is 0 Å². The average molecular weight is 328 g/mol. The van der Waals surface area contributed by atoms with Crippen LogP contribution in [0.1, 0.15) is 6.92 Å². The van der Waals surface area contributed by atoms with E-state index in [2.05, 4.69) is 0 Å². The third-order valence-corrected chi connectivity index (χ3v) is 1.80. The van der Waals surface area contributed by atoms with Gasteiger partial charge in [-0.2, -0.15) is 35.1 Å². The van der Waals surface area contributed by atoms with Crippen molar-refractivity contribution in [2.45, 2.75) is 37.0 Å². The standard InChI is InChI=1S/C7H3F11O2/c1-3(8,9)5(12,13)6(14,15)4(10,11)2(19)20-7(16,17)18/h1H3. The van der Waals surface area contributed by atoms with E-state index in [1.54, 1.807) is 0 Å². The van der Waals surface area contributed by atoms with E-state index in [9.17, 15) is 53.1 Å². The molecule has 0 aromatic rings. The van der Waals surface area contributed by atoms with Crippen molar-refractivity contribution in [2.75, 3.05) is 0 Å². The number of rotatable bonds is 4. The van der Waals surface area contributed by atoms with Crippen molar-refractivity contribution in [3.05, 3.63) is 0 Å². The summed E-state index contributed by atoms with van der Waals surface area (Å²) in [5.74, 6) is -30.7. The summed E-state index contributed by atoms with van der Waals surface area (Å²) >= 11 is 0. The SMILES string of the molecule is CC(F)(F)C(F)(F)C(F)(F)C(F)(F)C(=O)OC(F)(F)F. The zero-order valence-electron chi connectivity index (χ0n) is 8.97. The topological polar surface area (TPSA) is 26.3 Å². The van der Waals surface area contributed by atoms with Crippen LogP contribution in [0.15, 0.2) is 0 Å². The summed E-state index contributed by atoms with van der Waals surface area (Å²) in [6, 6.07) is 0. The molecule has 2 nitrogen and oxygen atoms in total. The molecule has 120 valence electrons. The lowest BCUT2D eigenvalue weighted by molar-refractivity contribution is -0.369. The Morgan fingerprint density at radius 1 is 0.750 bits per heavy atom. The lowest BCUT2D eigenvalue weighted by Crippen LogP contribution is -2.64. The summed E-state index contributed by atoms with van der Waals surface area (Å²) in [6.07, 6.45) is -6.19. The van der Waals surface area contributed by atoms with Gasteiger partial charge in [-0.3, -0.25) is 0 Å². The predicted molar refractivity (Wildman–Crippen MR) is 37.6 cm³/mol. The highest BCUT2D eigenvalue weighted by Gasteiger charge is 2.82. The van der Waals surface area contributed by atoms with Crippen molar-refractivity contribution >= 4 is 5.97 Å². The van der Waals surface area contributed by atoms with Gasteiger partial charge in [-0.15, -0.1) is 13.2 Å². The average Bonchev–Trinajstić information content (AvgIpc) is 2.12. The number of carbonyl (C=O) groups is 1. The fourth-order valence-electron chi connectivity index (χ4n) is 0.770. The van der Waals surface area contributed by atoms with Crippen molar-refractivity contribution in [1.82, 2.24) is 0 Å². The second-order valence-corrected chi connectivity index (χ2v) is 3.45. The summed E-state index contributed by atoms with van der Waals surface area (Å²) in [5, 5.41) is 0. The minimum atomic E-state index is -7.12. The maximum Gasteiger partial charge on any atom is 0.575 e. The van der Waals surface area contributed by atoms with Crippen LogP contribution in [0, 0.1) is 0 Å². The minimum Gasteiger partial charge on any atom is -0.368 e. The second-order valence-electron chi connectivity index (χ2n) is 3.45. The quantitative estimate of drug-likeness (QED) is 0.582. The van der Waals surface area contributed by atoms with Gasteiger partial charge in [0.15, 0.2) is 0 Å². The zero-order chi connectivity index (χ0) is 16.8. The van der Waals surface area contributed by atoms with Gasteiger partial charge in [0.25, 0.3) is 0 Å². The Morgan fingerprint density at radius 3 is 1.35 bits per heavy atom. The van der Waals surface area contributed by atoms with Crippen LogP contribution in [0.25, 0.3) is 0 Å². The van der Waals surface area contributed by atoms with E-state index in [0.29, 0.717) is 0 Å². The van der Waals surface area contributed by atoms with Gasteiger partial charge >= 0.3 is 36.0 Å². The Labute approximate surface area is 102 Å². The third-order valence-electron chi connectivity index (χ3n) is 1.80. The highest BCUT2D eigenvalue weighted by Crippen LogP contribution is 2.52. The Bertz CT molecular complexity index is 377. The predicted octanol–water partition coefficient (Wildman–Crippen LogP) is 3.61. The molecule has 0 amide bonds. The molecule has 0 fully saturated rings. The molecule has 0 aliphatic heterocycles. The number of esters is 1. The van der Waals surface area contributed by atoms with Crippen LogP contribution < -0.4 is 0 Å². The molecule has 0 atom stereocenters. The molecule has 0 spiro atoms. The highest BCUT2D eigenvalue weighted by molar-refractivity contribution is 5.79. The molecule has 20 heavy (non-hydrogen) atoms. The molecule has 0 aliphatic rings. The monoisotopic (exact) mass is 328 g/mol. The second kappa shape index (κ2) is 4.62. The molecule has 0 saturated carbocycles. The van der Waals surface area contributed by atoms with E-state index < -0.39 is 42.9 Å². The van der Waals surface area contributed by atoms with Crippen molar-refractivity contribution in [3.63, 3.8) is 0 Å². The first-order chi connectivity index (χ1) is 8.38. The Balaban J connectivity index is 5.64. The van der Waals surface area contributed by atoms with E-state index in [4.69, 9.17) is 0 Å². The summed E-state index contributed by atoms with van der Waals surface area (Å²) in [5.41, 5.74) is 0. The number of carbonyl (C=O) groups excluding carboxylic acids is 1. The maximum atomic E-state index is 12.7. The summed E-state index contributed by atoms with van der Waals surface area (Å²) in [6.45, 7) is -0.883. The first-order valence-electron chi connectivity index (χ1n) is 4.19. The van der Waals surface area contributed by atoms with Crippen LogP contribution in [0.4, 0.5) is 48.3 Å². The summed E-state index contributed by atoms with van der Waals surface area (Å²) in [7, 11) is 0. The van der Waals surface area contributed by atoms with Crippen LogP contribution in [0.5, 0.6) is 0 Å². The van der Waals surface area contributed by atoms with Gasteiger partial charge in [-0.1, -0.05) is 0 Å². The number of hydrogen-bond donors (Lipinski definition) is 0. The van der Waals surface area contributed by atoms with Gasteiger partial charge < -0.3 is 4.74 Å². The van der Waals surface area contributed by atoms with Crippen LogP contribution >= 0.6 is 0 Å². The molecule has 0 rings (SSSR count). The zero-order valence-corrected chi connectivity index (χ0v) is 8.97. The maximum absolute atomic E-state index is 12.7. The van der Waals surface area contributed by atoms with Crippen LogP contribution in [-0.4, -0.2) is 36.0 Å².